The van der Waals surface area contributed by atoms with Crippen LogP contribution in [0.25, 0.3) is 0 Å². The predicted octanol–water partition coefficient (Wildman–Crippen LogP) is 6.97. The van der Waals surface area contributed by atoms with Crippen molar-refractivity contribution in [2.75, 3.05) is 6.61 Å². The van der Waals surface area contributed by atoms with Gasteiger partial charge in [-0.1, -0.05) is 57.6 Å². The van der Waals surface area contributed by atoms with Crippen LogP contribution in [-0.2, 0) is 6.42 Å². The molecule has 1 aromatic carbocycles. The largest absolute Gasteiger partial charge is 0.486 e. The second kappa shape index (κ2) is 10.4. The summed E-state index contributed by atoms with van der Waals surface area (Å²) in [6, 6.07) is 3.91. The highest BCUT2D eigenvalue weighted by atomic mass is 19.1. The van der Waals surface area contributed by atoms with E-state index in [1.165, 1.54) is 31.2 Å². The number of allylic oxidation sites excluding steroid dienone is 2. The Balaban J connectivity index is 2.11. The van der Waals surface area contributed by atoms with E-state index in [0.717, 1.165) is 31.2 Å². The highest BCUT2D eigenvalue weighted by Crippen LogP contribution is 2.40. The van der Waals surface area contributed by atoms with Gasteiger partial charge in [0, 0.05) is 0 Å². The zero-order valence-corrected chi connectivity index (χ0v) is 15.9. The fourth-order valence-electron chi connectivity index (χ4n) is 3.84. The molecular formula is C23H33FO. The van der Waals surface area contributed by atoms with Gasteiger partial charge in [0.05, 0.1) is 0 Å². The molecule has 0 aromatic heterocycles. The third kappa shape index (κ3) is 5.45. The summed E-state index contributed by atoms with van der Waals surface area (Å²) in [5.41, 5.74) is 2.08. The van der Waals surface area contributed by atoms with Crippen LogP contribution in [0.3, 0.4) is 0 Å². The minimum atomic E-state index is -0.161. The van der Waals surface area contributed by atoms with Crippen LogP contribution in [0.1, 0.15) is 75.8 Å². The molecule has 0 N–H and O–H groups in total. The molecule has 0 heterocycles. The van der Waals surface area contributed by atoms with Crippen LogP contribution in [0.15, 0.2) is 36.9 Å². The third-order valence-corrected chi connectivity index (χ3v) is 5.18. The van der Waals surface area contributed by atoms with Crippen molar-refractivity contribution in [3.63, 3.8) is 0 Å². The number of ether oxygens (including phenoxy) is 1. The van der Waals surface area contributed by atoms with Gasteiger partial charge in [0.1, 0.15) is 6.61 Å². The molecule has 1 nitrogen and oxygen atoms in total. The molecule has 2 rings (SSSR count). The molecule has 2 heteroatoms. The van der Waals surface area contributed by atoms with Gasteiger partial charge in [0.25, 0.3) is 0 Å². The lowest BCUT2D eigenvalue weighted by atomic mass is 9.76. The van der Waals surface area contributed by atoms with Gasteiger partial charge >= 0.3 is 0 Å². The first-order chi connectivity index (χ1) is 12.2. The van der Waals surface area contributed by atoms with Gasteiger partial charge in [-0.05, 0) is 67.6 Å². The Morgan fingerprint density at radius 3 is 2.56 bits per heavy atom. The van der Waals surface area contributed by atoms with E-state index >= 15 is 0 Å². The first-order valence-electron chi connectivity index (χ1n) is 9.92. The lowest BCUT2D eigenvalue weighted by Crippen LogP contribution is -2.14. The van der Waals surface area contributed by atoms with Crippen LogP contribution >= 0.6 is 0 Å². The number of halogens is 1. The Bertz CT molecular complexity index is 568. The predicted molar refractivity (Wildman–Crippen MR) is 105 cm³/mol. The van der Waals surface area contributed by atoms with Gasteiger partial charge < -0.3 is 4.74 Å². The Morgan fingerprint density at radius 2 is 1.92 bits per heavy atom. The molecule has 0 spiro atoms. The number of rotatable bonds is 9. The van der Waals surface area contributed by atoms with Crippen molar-refractivity contribution in [1.29, 1.82) is 0 Å². The molecule has 0 radical (unpaired) electrons. The molecule has 1 saturated carbocycles. The van der Waals surface area contributed by atoms with E-state index in [4.69, 9.17) is 4.74 Å². The number of hydrogen-bond acceptors (Lipinski definition) is 1. The van der Waals surface area contributed by atoms with Crippen molar-refractivity contribution in [2.24, 2.45) is 5.92 Å². The normalized spacial score (nSPS) is 20.8. The average molecular weight is 345 g/mol. The summed E-state index contributed by atoms with van der Waals surface area (Å²) in [5, 5.41) is 0. The molecule has 1 fully saturated rings. The molecule has 1 aromatic rings. The lowest BCUT2D eigenvalue weighted by Gasteiger charge is -2.29. The summed E-state index contributed by atoms with van der Waals surface area (Å²) in [7, 11) is 0. The summed E-state index contributed by atoms with van der Waals surface area (Å²) >= 11 is 0. The van der Waals surface area contributed by atoms with Gasteiger partial charge in [-0.3, -0.25) is 0 Å². The van der Waals surface area contributed by atoms with Crippen molar-refractivity contribution in [2.45, 2.75) is 71.1 Å². The van der Waals surface area contributed by atoms with Gasteiger partial charge in [-0.2, -0.15) is 0 Å². The summed E-state index contributed by atoms with van der Waals surface area (Å²) in [6.45, 7) is 8.30. The van der Waals surface area contributed by atoms with E-state index in [1.54, 1.807) is 12.1 Å². The lowest BCUT2D eigenvalue weighted by molar-refractivity contribution is 0.337. The van der Waals surface area contributed by atoms with Crippen LogP contribution in [0.5, 0.6) is 5.75 Å². The second-order valence-corrected chi connectivity index (χ2v) is 7.12. The van der Waals surface area contributed by atoms with Crippen LogP contribution in [0.4, 0.5) is 4.39 Å². The van der Waals surface area contributed by atoms with Crippen molar-refractivity contribution >= 4 is 0 Å². The van der Waals surface area contributed by atoms with E-state index in [-0.39, 0.29) is 5.82 Å². The monoisotopic (exact) mass is 344 g/mol. The molecule has 1 aliphatic carbocycles. The molecular weight excluding hydrogens is 311 g/mol. The second-order valence-electron chi connectivity index (χ2n) is 7.12. The fourth-order valence-corrected chi connectivity index (χ4v) is 3.84. The van der Waals surface area contributed by atoms with Crippen LogP contribution in [-0.4, -0.2) is 6.61 Å². The van der Waals surface area contributed by atoms with Crippen molar-refractivity contribution in [1.82, 2.24) is 0 Å². The molecule has 0 amide bonds. The molecule has 0 unspecified atom stereocenters. The Morgan fingerprint density at radius 1 is 1.16 bits per heavy atom. The van der Waals surface area contributed by atoms with Crippen molar-refractivity contribution in [3.05, 3.63) is 53.9 Å². The van der Waals surface area contributed by atoms with Gasteiger partial charge in [-0.15, -0.1) is 0 Å². The van der Waals surface area contributed by atoms with Gasteiger partial charge in [0.15, 0.2) is 11.6 Å². The molecule has 138 valence electrons. The Labute approximate surface area is 153 Å². The average Bonchev–Trinajstić information content (AvgIpc) is 2.63. The van der Waals surface area contributed by atoms with E-state index < -0.39 is 0 Å². The molecule has 0 atom stereocenters. The molecule has 0 saturated heterocycles. The zero-order valence-electron chi connectivity index (χ0n) is 15.9. The topological polar surface area (TPSA) is 9.23 Å². The number of hydrogen-bond donors (Lipinski definition) is 0. The summed E-state index contributed by atoms with van der Waals surface area (Å²) in [5.74, 6) is 1.40. The van der Waals surface area contributed by atoms with Crippen LogP contribution in [0.2, 0.25) is 0 Å². The number of benzene rings is 1. The van der Waals surface area contributed by atoms with E-state index in [0.29, 0.717) is 24.2 Å². The maximum atomic E-state index is 14.9. The first kappa shape index (κ1) is 19.8. The minimum Gasteiger partial charge on any atom is -0.486 e. The fraction of sp³-hybridized carbons (Fsp3) is 0.565. The van der Waals surface area contributed by atoms with Crippen LogP contribution < -0.4 is 4.74 Å². The minimum absolute atomic E-state index is 0.161. The van der Waals surface area contributed by atoms with E-state index in [1.807, 2.05) is 0 Å². The molecule has 25 heavy (non-hydrogen) atoms. The van der Waals surface area contributed by atoms with E-state index in [9.17, 15) is 4.39 Å². The van der Waals surface area contributed by atoms with E-state index in [2.05, 4.69) is 38.6 Å². The maximum Gasteiger partial charge on any atom is 0.168 e. The zero-order chi connectivity index (χ0) is 18.1. The van der Waals surface area contributed by atoms with Gasteiger partial charge in [0.2, 0.25) is 0 Å². The summed E-state index contributed by atoms with van der Waals surface area (Å²) in [6.07, 6.45) is 15.3. The molecule has 1 aliphatic rings. The van der Waals surface area contributed by atoms with Gasteiger partial charge in [-0.25, -0.2) is 4.39 Å². The molecule has 0 aliphatic heterocycles. The smallest absolute Gasteiger partial charge is 0.168 e. The SMILES string of the molecule is C=CCOc1ccc(C2CCC(/C=C/CCC)CC2)c(CCC)c1F. The Hall–Kier alpha value is -1.57. The quantitative estimate of drug-likeness (QED) is 0.439. The van der Waals surface area contributed by atoms with Crippen LogP contribution in [0, 0.1) is 11.7 Å². The standard InChI is InChI=1S/C23H33FO/c1-4-7-8-10-18-11-13-19(14-12-18)20-15-16-22(25-17-6-3)23(24)21(20)9-5-2/h6,8,10,15-16,18-19H,3-5,7,9,11-14,17H2,1-2H3/b10-8+. The first-order valence-corrected chi connectivity index (χ1v) is 9.92. The molecule has 0 bridgehead atoms. The van der Waals surface area contributed by atoms with Crippen molar-refractivity contribution < 1.29 is 9.13 Å². The Kier molecular flexibility index (Phi) is 8.24. The number of unbranched alkanes of at least 4 members (excludes halogenated alkanes) is 1. The van der Waals surface area contributed by atoms with Crippen molar-refractivity contribution in [3.8, 4) is 5.75 Å². The highest BCUT2D eigenvalue weighted by molar-refractivity contribution is 5.40. The summed E-state index contributed by atoms with van der Waals surface area (Å²) in [4.78, 5) is 0. The summed E-state index contributed by atoms with van der Waals surface area (Å²) < 4.78 is 20.4. The maximum absolute atomic E-state index is 14.9. The highest BCUT2D eigenvalue weighted by Gasteiger charge is 2.25. The third-order valence-electron chi connectivity index (χ3n) is 5.18.